The first-order chi connectivity index (χ1) is 15.6. The van der Waals surface area contributed by atoms with E-state index in [0.29, 0.717) is 23.1 Å². The highest BCUT2D eigenvalue weighted by Gasteiger charge is 2.38. The Hall–Kier alpha value is -3.31. The van der Waals surface area contributed by atoms with E-state index in [9.17, 15) is 4.79 Å². The van der Waals surface area contributed by atoms with Crippen molar-refractivity contribution in [2.45, 2.75) is 24.0 Å². The molecule has 2 atom stereocenters. The van der Waals surface area contributed by atoms with Crippen LogP contribution in [0.1, 0.15) is 27.5 Å². The van der Waals surface area contributed by atoms with Gasteiger partial charge in [0, 0.05) is 16.0 Å². The molecule has 4 aromatic rings. The number of hydrogen-bond acceptors (Lipinski definition) is 5. The van der Waals surface area contributed by atoms with E-state index in [-0.39, 0.29) is 16.6 Å². The van der Waals surface area contributed by atoms with Crippen molar-refractivity contribution < 1.29 is 9.15 Å². The van der Waals surface area contributed by atoms with Crippen LogP contribution >= 0.6 is 11.8 Å². The zero-order chi connectivity index (χ0) is 21.8. The van der Waals surface area contributed by atoms with Gasteiger partial charge in [-0.2, -0.15) is 0 Å². The molecule has 0 spiro atoms. The fraction of sp³-hybridized carbons (Fsp3) is 0.185. The lowest BCUT2D eigenvalue weighted by Gasteiger charge is -2.31. The van der Waals surface area contributed by atoms with E-state index >= 15 is 0 Å². The lowest BCUT2D eigenvalue weighted by molar-refractivity contribution is 0.271. The van der Waals surface area contributed by atoms with Crippen LogP contribution in [0.3, 0.4) is 0 Å². The maximum atomic E-state index is 13.6. The molecule has 158 valence electrons. The highest BCUT2D eigenvalue weighted by Crippen LogP contribution is 2.49. The largest absolute Gasteiger partial charge is 0.492 e. The van der Waals surface area contributed by atoms with Gasteiger partial charge in [0.05, 0.1) is 40.8 Å². The summed E-state index contributed by atoms with van der Waals surface area (Å²) < 4.78 is 12.1. The summed E-state index contributed by atoms with van der Waals surface area (Å²) in [5.74, 6) is 0.766. The van der Waals surface area contributed by atoms with E-state index < -0.39 is 0 Å². The van der Waals surface area contributed by atoms with E-state index in [2.05, 4.69) is 25.1 Å². The van der Waals surface area contributed by atoms with Gasteiger partial charge in [0.15, 0.2) is 5.43 Å². The standard InChI is InChI=1S/C27H21NO3S/c1-15-7-9-22-17(11-15)25-19(13-30-22)27(32-24-6-4-3-5-21(24)28-25)20-14-31-23-10-8-16(2)12-18(23)26(20)29/h3-12,14,19,27H,13H2,1-2H3/t19-,27-/m0/s1. The van der Waals surface area contributed by atoms with Crippen LogP contribution in [0.5, 0.6) is 5.75 Å². The first-order valence-electron chi connectivity index (χ1n) is 10.7. The van der Waals surface area contributed by atoms with Gasteiger partial charge in [-0.1, -0.05) is 35.4 Å². The Labute approximate surface area is 190 Å². The maximum Gasteiger partial charge on any atom is 0.197 e. The fourth-order valence-corrected chi connectivity index (χ4v) is 5.86. The Morgan fingerprint density at radius 3 is 2.72 bits per heavy atom. The van der Waals surface area contributed by atoms with Gasteiger partial charge in [-0.05, 0) is 50.2 Å². The van der Waals surface area contributed by atoms with Gasteiger partial charge in [0.2, 0.25) is 0 Å². The molecule has 0 radical (unpaired) electrons. The number of para-hydroxylation sites is 1. The van der Waals surface area contributed by atoms with E-state index in [0.717, 1.165) is 38.7 Å². The molecule has 0 N–H and O–H groups in total. The van der Waals surface area contributed by atoms with Gasteiger partial charge in [0.25, 0.3) is 0 Å². The monoisotopic (exact) mass is 439 g/mol. The van der Waals surface area contributed by atoms with Crippen molar-refractivity contribution in [2.24, 2.45) is 10.9 Å². The highest BCUT2D eigenvalue weighted by atomic mass is 32.2. The number of ether oxygens (including phenoxy) is 1. The normalized spacial score (nSPS) is 19.2. The van der Waals surface area contributed by atoms with Gasteiger partial charge in [0.1, 0.15) is 11.3 Å². The van der Waals surface area contributed by atoms with Crippen LogP contribution in [0.15, 0.2) is 86.0 Å². The minimum atomic E-state index is -0.174. The third-order valence-corrected chi connectivity index (χ3v) is 7.60. The predicted molar refractivity (Wildman–Crippen MR) is 129 cm³/mol. The number of aryl methyl sites for hydroxylation is 2. The summed E-state index contributed by atoms with van der Waals surface area (Å²) in [7, 11) is 0. The number of benzene rings is 3. The Bertz CT molecular complexity index is 1470. The molecule has 0 bridgehead atoms. The second-order valence-corrected chi connectivity index (χ2v) is 9.62. The first-order valence-corrected chi connectivity index (χ1v) is 11.6. The predicted octanol–water partition coefficient (Wildman–Crippen LogP) is 6.39. The zero-order valence-electron chi connectivity index (χ0n) is 17.8. The van der Waals surface area contributed by atoms with Crippen LogP contribution in [0.2, 0.25) is 0 Å². The highest BCUT2D eigenvalue weighted by molar-refractivity contribution is 7.99. The topological polar surface area (TPSA) is 51.8 Å². The molecular weight excluding hydrogens is 418 g/mol. The fourth-order valence-electron chi connectivity index (χ4n) is 4.54. The zero-order valence-corrected chi connectivity index (χ0v) is 18.6. The SMILES string of the molecule is Cc1ccc2c(c1)C1=Nc3ccccc3S[C@H](c3coc4ccc(C)cc4c3=O)[C@H]1CO2. The number of rotatable bonds is 1. The van der Waals surface area contributed by atoms with Crippen molar-refractivity contribution in [2.75, 3.05) is 6.61 Å². The average molecular weight is 440 g/mol. The van der Waals surface area contributed by atoms with Crippen LogP contribution in [0.4, 0.5) is 5.69 Å². The smallest absolute Gasteiger partial charge is 0.197 e. The summed E-state index contributed by atoms with van der Waals surface area (Å²) >= 11 is 1.67. The van der Waals surface area contributed by atoms with E-state index in [1.807, 2.05) is 49.4 Å². The molecule has 1 aromatic heterocycles. The number of hydrogen-bond donors (Lipinski definition) is 0. The molecule has 3 aromatic carbocycles. The number of fused-ring (bicyclic) bond motifs is 5. The molecule has 0 aliphatic carbocycles. The molecule has 0 unspecified atom stereocenters. The number of nitrogens with zero attached hydrogens (tertiary/aromatic N) is 1. The lowest BCUT2D eigenvalue weighted by Crippen LogP contribution is -2.33. The third kappa shape index (κ3) is 3.07. The van der Waals surface area contributed by atoms with Crippen molar-refractivity contribution >= 4 is 34.1 Å². The summed E-state index contributed by atoms with van der Waals surface area (Å²) in [4.78, 5) is 19.8. The van der Waals surface area contributed by atoms with Gasteiger partial charge >= 0.3 is 0 Å². The van der Waals surface area contributed by atoms with E-state index in [1.165, 1.54) is 0 Å². The van der Waals surface area contributed by atoms with Crippen molar-refractivity contribution in [1.82, 2.24) is 0 Å². The molecule has 5 heteroatoms. The van der Waals surface area contributed by atoms with Crippen LogP contribution in [-0.2, 0) is 0 Å². The minimum absolute atomic E-state index is 0.0150. The quantitative estimate of drug-likeness (QED) is 0.345. The Balaban J connectivity index is 1.59. The van der Waals surface area contributed by atoms with Crippen molar-refractivity contribution in [3.8, 4) is 5.75 Å². The summed E-state index contributed by atoms with van der Waals surface area (Å²) in [5.41, 5.74) is 6.37. The molecule has 2 aliphatic heterocycles. The lowest BCUT2D eigenvalue weighted by atomic mass is 9.87. The Morgan fingerprint density at radius 2 is 1.81 bits per heavy atom. The van der Waals surface area contributed by atoms with Crippen LogP contribution in [-0.4, -0.2) is 12.3 Å². The molecule has 0 saturated carbocycles. The van der Waals surface area contributed by atoms with E-state index in [1.54, 1.807) is 18.0 Å². The molecule has 0 saturated heterocycles. The molecule has 4 nitrogen and oxygen atoms in total. The van der Waals surface area contributed by atoms with Gasteiger partial charge in [-0.15, -0.1) is 11.8 Å². The second kappa shape index (κ2) is 7.38. The number of thioether (sulfide) groups is 1. The molecule has 6 rings (SSSR count). The molecule has 2 aliphatic rings. The van der Waals surface area contributed by atoms with Crippen molar-refractivity contribution in [3.05, 3.63) is 99.4 Å². The second-order valence-electron chi connectivity index (χ2n) is 8.44. The molecular formula is C27H21NO3S. The summed E-state index contributed by atoms with van der Waals surface area (Å²) in [6.45, 7) is 4.52. The summed E-state index contributed by atoms with van der Waals surface area (Å²) in [6, 6.07) is 20.0. The molecule has 3 heterocycles. The first kappa shape index (κ1) is 19.4. The van der Waals surface area contributed by atoms with Gasteiger partial charge in [-0.3, -0.25) is 9.79 Å². The molecule has 32 heavy (non-hydrogen) atoms. The average Bonchev–Trinajstić information content (AvgIpc) is 2.97. The van der Waals surface area contributed by atoms with Crippen molar-refractivity contribution in [1.29, 1.82) is 0 Å². The van der Waals surface area contributed by atoms with E-state index in [4.69, 9.17) is 14.1 Å². The van der Waals surface area contributed by atoms with Crippen LogP contribution < -0.4 is 10.2 Å². The maximum absolute atomic E-state index is 13.6. The Morgan fingerprint density at radius 1 is 1.00 bits per heavy atom. The summed E-state index contributed by atoms with van der Waals surface area (Å²) in [5, 5.41) is 0.444. The van der Waals surface area contributed by atoms with Crippen LogP contribution in [0.25, 0.3) is 11.0 Å². The van der Waals surface area contributed by atoms with Crippen molar-refractivity contribution in [3.63, 3.8) is 0 Å². The molecule has 0 fully saturated rings. The van der Waals surface area contributed by atoms with Gasteiger partial charge < -0.3 is 9.15 Å². The van der Waals surface area contributed by atoms with Crippen LogP contribution in [0, 0.1) is 19.8 Å². The third-order valence-electron chi connectivity index (χ3n) is 6.17. The molecule has 0 amide bonds. The number of aliphatic imine (C=N–C) groups is 1. The summed E-state index contributed by atoms with van der Waals surface area (Å²) in [6.07, 6.45) is 1.63. The minimum Gasteiger partial charge on any atom is -0.492 e. The van der Waals surface area contributed by atoms with Gasteiger partial charge in [-0.25, -0.2) is 0 Å². The Kier molecular flexibility index (Phi) is 4.47.